The Hall–Kier alpha value is -1.17. The summed E-state index contributed by atoms with van der Waals surface area (Å²) < 4.78 is 0.919. The molecule has 0 fully saturated rings. The maximum absolute atomic E-state index is 6.05. The first kappa shape index (κ1) is 14.2. The molecule has 2 aromatic rings. The van der Waals surface area contributed by atoms with Crippen LogP contribution in [-0.4, -0.2) is 10.1 Å². The molecule has 1 heterocycles. The first-order valence-electron chi connectivity index (χ1n) is 5.50. The average molecular weight is 357 g/mol. The van der Waals surface area contributed by atoms with Crippen LogP contribution in [0.25, 0.3) is 0 Å². The minimum Gasteiger partial charge on any atom is -0.332 e. The van der Waals surface area contributed by atoms with Gasteiger partial charge in [-0.1, -0.05) is 17.7 Å². The van der Waals surface area contributed by atoms with Gasteiger partial charge in [0, 0.05) is 21.4 Å². The standard InChI is InChI=1S/C13H11BrClN3S/c1-8-2-4-10(6-11(8)15)17-13(19)18-12-5-3-9(14)7-16-12/h2-7H,1H3,(H2,16,17,18,19). The van der Waals surface area contributed by atoms with Gasteiger partial charge in [0.05, 0.1) is 0 Å². The topological polar surface area (TPSA) is 37.0 Å². The van der Waals surface area contributed by atoms with Crippen LogP contribution in [0.1, 0.15) is 5.56 Å². The van der Waals surface area contributed by atoms with Gasteiger partial charge >= 0.3 is 0 Å². The second-order valence-electron chi connectivity index (χ2n) is 3.90. The first-order valence-corrected chi connectivity index (χ1v) is 7.08. The summed E-state index contributed by atoms with van der Waals surface area (Å²) in [6, 6.07) is 9.41. The lowest BCUT2D eigenvalue weighted by Gasteiger charge is -2.10. The molecule has 0 aliphatic carbocycles. The van der Waals surface area contributed by atoms with Crippen LogP contribution in [0.15, 0.2) is 41.0 Å². The fourth-order valence-electron chi connectivity index (χ4n) is 1.40. The van der Waals surface area contributed by atoms with E-state index in [1.807, 2.05) is 37.3 Å². The molecule has 0 bridgehead atoms. The van der Waals surface area contributed by atoms with E-state index in [-0.39, 0.29) is 0 Å². The fourth-order valence-corrected chi connectivity index (χ4v) is 2.04. The number of aryl methyl sites for hydroxylation is 1. The lowest BCUT2D eigenvalue weighted by Crippen LogP contribution is -2.19. The molecule has 0 unspecified atom stereocenters. The van der Waals surface area contributed by atoms with E-state index in [0.29, 0.717) is 16.0 Å². The lowest BCUT2D eigenvalue weighted by atomic mass is 10.2. The van der Waals surface area contributed by atoms with Gasteiger partial charge < -0.3 is 10.6 Å². The van der Waals surface area contributed by atoms with Crippen molar-refractivity contribution in [2.75, 3.05) is 10.6 Å². The zero-order chi connectivity index (χ0) is 13.8. The van der Waals surface area contributed by atoms with Crippen LogP contribution >= 0.6 is 39.7 Å². The normalized spacial score (nSPS) is 10.1. The number of benzene rings is 1. The minimum atomic E-state index is 0.467. The smallest absolute Gasteiger partial charge is 0.176 e. The van der Waals surface area contributed by atoms with Crippen molar-refractivity contribution >= 4 is 56.4 Å². The minimum absolute atomic E-state index is 0.467. The molecule has 1 aromatic heterocycles. The van der Waals surface area contributed by atoms with Gasteiger partial charge in [-0.05, 0) is 64.9 Å². The average Bonchev–Trinajstić information content (AvgIpc) is 2.37. The molecule has 6 heteroatoms. The number of halogens is 2. The van der Waals surface area contributed by atoms with Gasteiger partial charge in [0.15, 0.2) is 5.11 Å². The molecule has 0 spiro atoms. The summed E-state index contributed by atoms with van der Waals surface area (Å²) in [5.74, 6) is 0.680. The summed E-state index contributed by atoms with van der Waals surface area (Å²) in [7, 11) is 0. The molecule has 0 saturated heterocycles. The zero-order valence-corrected chi connectivity index (χ0v) is 13.2. The number of hydrogen-bond acceptors (Lipinski definition) is 2. The van der Waals surface area contributed by atoms with Gasteiger partial charge in [-0.15, -0.1) is 0 Å². The van der Waals surface area contributed by atoms with Gasteiger partial charge in [0.25, 0.3) is 0 Å². The maximum atomic E-state index is 6.05. The second-order valence-corrected chi connectivity index (χ2v) is 5.64. The molecule has 2 N–H and O–H groups in total. The fraction of sp³-hybridized carbons (Fsp3) is 0.0769. The molecule has 1 aromatic carbocycles. The van der Waals surface area contributed by atoms with E-state index in [2.05, 4.69) is 31.5 Å². The molecule has 2 rings (SSSR count). The molecule has 0 radical (unpaired) electrons. The summed E-state index contributed by atoms with van der Waals surface area (Å²) in [6.07, 6.45) is 1.70. The molecule has 0 atom stereocenters. The molecular formula is C13H11BrClN3S. The molecule has 0 saturated carbocycles. The quantitative estimate of drug-likeness (QED) is 0.770. The van der Waals surface area contributed by atoms with E-state index in [4.69, 9.17) is 23.8 Å². The van der Waals surface area contributed by atoms with Crippen molar-refractivity contribution < 1.29 is 0 Å². The van der Waals surface area contributed by atoms with Crippen LogP contribution in [0.5, 0.6) is 0 Å². The number of nitrogens with zero attached hydrogens (tertiary/aromatic N) is 1. The number of pyridine rings is 1. The number of nitrogens with one attached hydrogen (secondary N) is 2. The Balaban J connectivity index is 2.01. The Morgan fingerprint density at radius 1 is 1.26 bits per heavy atom. The Labute approximate surface area is 130 Å². The number of rotatable bonds is 2. The molecule has 0 amide bonds. The predicted molar refractivity (Wildman–Crippen MR) is 88.0 cm³/mol. The number of thiocarbonyl (C=S) groups is 1. The van der Waals surface area contributed by atoms with Crippen LogP contribution in [0.3, 0.4) is 0 Å². The summed E-state index contributed by atoms with van der Waals surface area (Å²) in [6.45, 7) is 1.95. The molecular weight excluding hydrogens is 346 g/mol. The number of aromatic nitrogens is 1. The Bertz CT molecular complexity index is 601. The van der Waals surface area contributed by atoms with E-state index >= 15 is 0 Å². The zero-order valence-electron chi connectivity index (χ0n) is 10.1. The Morgan fingerprint density at radius 2 is 2.05 bits per heavy atom. The first-order chi connectivity index (χ1) is 9.04. The van der Waals surface area contributed by atoms with E-state index in [9.17, 15) is 0 Å². The van der Waals surface area contributed by atoms with Crippen LogP contribution < -0.4 is 10.6 Å². The third-order valence-corrected chi connectivity index (χ3v) is 3.48. The highest BCUT2D eigenvalue weighted by atomic mass is 79.9. The van der Waals surface area contributed by atoms with Crippen LogP contribution in [0, 0.1) is 6.92 Å². The number of anilines is 2. The molecule has 3 nitrogen and oxygen atoms in total. The summed E-state index contributed by atoms with van der Waals surface area (Å²) in [5.41, 5.74) is 1.87. The Morgan fingerprint density at radius 3 is 2.68 bits per heavy atom. The summed E-state index contributed by atoms with van der Waals surface area (Å²) in [4.78, 5) is 4.18. The van der Waals surface area contributed by atoms with Crippen molar-refractivity contribution in [2.45, 2.75) is 6.92 Å². The van der Waals surface area contributed by atoms with Crippen LogP contribution in [0.2, 0.25) is 5.02 Å². The van der Waals surface area contributed by atoms with Crippen LogP contribution in [0.4, 0.5) is 11.5 Å². The molecule has 0 aliphatic heterocycles. The van der Waals surface area contributed by atoms with Gasteiger partial charge in [-0.3, -0.25) is 0 Å². The molecule has 0 aliphatic rings. The van der Waals surface area contributed by atoms with Crippen molar-refractivity contribution in [1.29, 1.82) is 0 Å². The third-order valence-electron chi connectivity index (χ3n) is 2.40. The SMILES string of the molecule is Cc1ccc(NC(=S)Nc2ccc(Br)cn2)cc1Cl. The van der Waals surface area contributed by atoms with Crippen molar-refractivity contribution in [2.24, 2.45) is 0 Å². The molecule has 19 heavy (non-hydrogen) atoms. The largest absolute Gasteiger partial charge is 0.332 e. The Kier molecular flexibility index (Phi) is 4.74. The van der Waals surface area contributed by atoms with E-state index in [1.165, 1.54) is 0 Å². The van der Waals surface area contributed by atoms with Crippen molar-refractivity contribution in [3.63, 3.8) is 0 Å². The van der Waals surface area contributed by atoms with Crippen molar-refractivity contribution in [1.82, 2.24) is 4.98 Å². The second kappa shape index (κ2) is 6.32. The summed E-state index contributed by atoms with van der Waals surface area (Å²) in [5, 5.41) is 7.22. The highest BCUT2D eigenvalue weighted by molar-refractivity contribution is 9.10. The highest BCUT2D eigenvalue weighted by Crippen LogP contribution is 2.20. The van der Waals surface area contributed by atoms with Gasteiger partial charge in [-0.25, -0.2) is 4.98 Å². The van der Waals surface area contributed by atoms with Crippen molar-refractivity contribution in [3.8, 4) is 0 Å². The monoisotopic (exact) mass is 355 g/mol. The van der Waals surface area contributed by atoms with E-state index in [1.54, 1.807) is 6.20 Å². The molecule has 98 valence electrons. The third kappa shape index (κ3) is 4.16. The maximum Gasteiger partial charge on any atom is 0.176 e. The summed E-state index contributed by atoms with van der Waals surface area (Å²) >= 11 is 14.6. The van der Waals surface area contributed by atoms with Gasteiger partial charge in [0.1, 0.15) is 5.82 Å². The van der Waals surface area contributed by atoms with Crippen LogP contribution in [-0.2, 0) is 0 Å². The highest BCUT2D eigenvalue weighted by Gasteiger charge is 2.02. The number of hydrogen-bond donors (Lipinski definition) is 2. The van der Waals surface area contributed by atoms with Crippen molar-refractivity contribution in [3.05, 3.63) is 51.6 Å². The lowest BCUT2D eigenvalue weighted by molar-refractivity contribution is 1.31. The van der Waals surface area contributed by atoms with E-state index in [0.717, 1.165) is 15.7 Å². The van der Waals surface area contributed by atoms with Gasteiger partial charge in [-0.2, -0.15) is 0 Å². The van der Waals surface area contributed by atoms with E-state index < -0.39 is 0 Å². The predicted octanol–water partition coefficient (Wildman–Crippen LogP) is 4.61. The van der Waals surface area contributed by atoms with Gasteiger partial charge in [0.2, 0.25) is 0 Å².